The van der Waals surface area contributed by atoms with Gasteiger partial charge in [0.15, 0.2) is 12.4 Å². The van der Waals surface area contributed by atoms with Gasteiger partial charge >= 0.3 is 5.97 Å². The molecular formula is C17H14ClNO5S. The lowest BCUT2D eigenvalue weighted by Crippen LogP contribution is -2.21. The van der Waals surface area contributed by atoms with Crippen molar-refractivity contribution in [3.8, 4) is 0 Å². The zero-order valence-electron chi connectivity index (χ0n) is 13.2. The second-order valence-electron chi connectivity index (χ2n) is 5.05. The van der Waals surface area contributed by atoms with Crippen LogP contribution < -0.4 is 0 Å². The number of thioether (sulfide) groups is 1. The highest BCUT2D eigenvalue weighted by Crippen LogP contribution is 2.26. The molecule has 2 rings (SSSR count). The van der Waals surface area contributed by atoms with Gasteiger partial charge in [-0.15, -0.1) is 11.8 Å². The van der Waals surface area contributed by atoms with Gasteiger partial charge in [0.05, 0.1) is 4.92 Å². The number of non-ortho nitro benzene ring substituents is 1. The first kappa shape index (κ1) is 19.0. The summed E-state index contributed by atoms with van der Waals surface area (Å²) in [4.78, 5) is 34.8. The average Bonchev–Trinajstić information content (AvgIpc) is 2.60. The highest BCUT2D eigenvalue weighted by atomic mass is 35.5. The molecule has 0 aliphatic rings. The summed E-state index contributed by atoms with van der Waals surface area (Å²) in [6, 6.07) is 12.2. The number of rotatable bonds is 7. The summed E-state index contributed by atoms with van der Waals surface area (Å²) in [7, 11) is 0. The molecule has 2 aromatic rings. The number of benzene rings is 2. The van der Waals surface area contributed by atoms with E-state index < -0.39 is 16.1 Å². The fourth-order valence-electron chi connectivity index (χ4n) is 1.87. The van der Waals surface area contributed by atoms with Gasteiger partial charge in [-0.3, -0.25) is 19.7 Å². The number of nitro benzene ring substituents is 1. The standard InChI is InChI=1S/C17H14ClNO5S/c1-11(25-15-8-6-14(7-9-15)19(22)23)17(21)24-10-16(20)12-2-4-13(18)5-3-12/h2-9,11H,10H2,1H3/t11-/m0/s1. The van der Waals surface area contributed by atoms with Crippen molar-refractivity contribution in [1.82, 2.24) is 0 Å². The van der Waals surface area contributed by atoms with Crippen molar-refractivity contribution in [3.05, 3.63) is 69.2 Å². The van der Waals surface area contributed by atoms with E-state index in [1.165, 1.54) is 23.9 Å². The highest BCUT2D eigenvalue weighted by molar-refractivity contribution is 8.00. The Morgan fingerprint density at radius 3 is 2.32 bits per heavy atom. The molecule has 25 heavy (non-hydrogen) atoms. The average molecular weight is 380 g/mol. The van der Waals surface area contributed by atoms with Crippen molar-refractivity contribution in [3.63, 3.8) is 0 Å². The maximum Gasteiger partial charge on any atom is 0.319 e. The predicted molar refractivity (Wildman–Crippen MR) is 95.2 cm³/mol. The lowest BCUT2D eigenvalue weighted by atomic mass is 10.1. The summed E-state index contributed by atoms with van der Waals surface area (Å²) in [5, 5.41) is 10.6. The smallest absolute Gasteiger partial charge is 0.319 e. The van der Waals surface area contributed by atoms with Crippen molar-refractivity contribution in [2.75, 3.05) is 6.61 Å². The van der Waals surface area contributed by atoms with Crippen molar-refractivity contribution >= 4 is 40.8 Å². The summed E-state index contributed by atoms with van der Waals surface area (Å²) < 4.78 is 5.03. The van der Waals surface area contributed by atoms with E-state index >= 15 is 0 Å². The minimum atomic E-state index is -0.556. The highest BCUT2D eigenvalue weighted by Gasteiger charge is 2.18. The predicted octanol–water partition coefficient (Wildman–Crippen LogP) is 4.15. The lowest BCUT2D eigenvalue weighted by Gasteiger charge is -2.11. The Morgan fingerprint density at radius 2 is 1.76 bits per heavy atom. The number of hydrogen-bond donors (Lipinski definition) is 0. The van der Waals surface area contributed by atoms with E-state index in [1.807, 2.05) is 0 Å². The molecule has 6 nitrogen and oxygen atoms in total. The Labute approximate surface area is 153 Å². The molecule has 1 atom stereocenters. The first-order valence-electron chi connectivity index (χ1n) is 7.23. The third-order valence-corrected chi connectivity index (χ3v) is 4.55. The van der Waals surface area contributed by atoms with E-state index in [0.717, 1.165) is 0 Å². The van der Waals surface area contributed by atoms with Crippen LogP contribution in [0.25, 0.3) is 0 Å². The minimum absolute atomic E-state index is 0.0202. The number of Topliss-reactive ketones (excluding diaryl/α,β-unsaturated/α-hetero) is 1. The summed E-state index contributed by atoms with van der Waals surface area (Å²) in [5.74, 6) is -0.858. The van der Waals surface area contributed by atoms with E-state index in [-0.39, 0.29) is 18.1 Å². The number of ketones is 1. The molecule has 0 amide bonds. The fraction of sp³-hybridized carbons (Fsp3) is 0.176. The molecule has 0 fully saturated rings. The number of carbonyl (C=O) groups excluding carboxylic acids is 2. The second-order valence-corrected chi connectivity index (χ2v) is 6.90. The van der Waals surface area contributed by atoms with E-state index in [1.54, 1.807) is 43.3 Å². The zero-order chi connectivity index (χ0) is 18.4. The Morgan fingerprint density at radius 1 is 1.16 bits per heavy atom. The van der Waals surface area contributed by atoms with Gasteiger partial charge in [-0.1, -0.05) is 11.6 Å². The number of carbonyl (C=O) groups is 2. The van der Waals surface area contributed by atoms with Gasteiger partial charge in [0.2, 0.25) is 0 Å². The molecule has 0 N–H and O–H groups in total. The van der Waals surface area contributed by atoms with E-state index in [4.69, 9.17) is 16.3 Å². The van der Waals surface area contributed by atoms with Gasteiger partial charge in [0.25, 0.3) is 5.69 Å². The van der Waals surface area contributed by atoms with Crippen LogP contribution in [0.4, 0.5) is 5.69 Å². The molecule has 0 aliphatic heterocycles. The molecule has 0 saturated heterocycles. The summed E-state index contributed by atoms with van der Waals surface area (Å²) in [5.41, 5.74) is 0.390. The first-order chi connectivity index (χ1) is 11.9. The van der Waals surface area contributed by atoms with Gasteiger partial charge in [0.1, 0.15) is 5.25 Å². The van der Waals surface area contributed by atoms with E-state index in [2.05, 4.69) is 0 Å². The number of halogens is 1. The molecule has 0 aliphatic carbocycles. The molecule has 0 saturated carbocycles. The molecule has 0 spiro atoms. The monoisotopic (exact) mass is 379 g/mol. The van der Waals surface area contributed by atoms with Gasteiger partial charge in [-0.05, 0) is 43.3 Å². The lowest BCUT2D eigenvalue weighted by molar-refractivity contribution is -0.384. The van der Waals surface area contributed by atoms with Crippen LogP contribution in [0, 0.1) is 10.1 Å². The summed E-state index contributed by atoms with van der Waals surface area (Å²) >= 11 is 6.95. The largest absolute Gasteiger partial charge is 0.456 e. The number of ether oxygens (including phenoxy) is 1. The number of nitro groups is 1. The SMILES string of the molecule is C[C@H](Sc1ccc([N+](=O)[O-])cc1)C(=O)OCC(=O)c1ccc(Cl)cc1. The second kappa shape index (κ2) is 8.64. The van der Waals surface area contributed by atoms with Crippen molar-refractivity contribution in [2.24, 2.45) is 0 Å². The van der Waals surface area contributed by atoms with Crippen LogP contribution in [-0.4, -0.2) is 28.5 Å². The number of nitrogens with zero attached hydrogens (tertiary/aromatic N) is 1. The van der Waals surface area contributed by atoms with Crippen LogP contribution in [0.3, 0.4) is 0 Å². The Balaban J connectivity index is 1.86. The molecule has 2 aromatic carbocycles. The normalized spacial score (nSPS) is 11.6. The van der Waals surface area contributed by atoms with Crippen molar-refractivity contribution in [2.45, 2.75) is 17.1 Å². The van der Waals surface area contributed by atoms with Gasteiger partial charge in [-0.25, -0.2) is 0 Å². The van der Waals surface area contributed by atoms with Crippen molar-refractivity contribution in [1.29, 1.82) is 0 Å². The fourth-order valence-corrected chi connectivity index (χ4v) is 2.86. The van der Waals surface area contributed by atoms with Crippen LogP contribution >= 0.6 is 23.4 Å². The third-order valence-electron chi connectivity index (χ3n) is 3.20. The molecule has 0 bridgehead atoms. The summed E-state index contributed by atoms with van der Waals surface area (Å²) in [6.07, 6.45) is 0. The summed E-state index contributed by atoms with van der Waals surface area (Å²) in [6.45, 7) is 1.28. The molecule has 8 heteroatoms. The van der Waals surface area contributed by atoms with Crippen LogP contribution in [0.5, 0.6) is 0 Å². The van der Waals surface area contributed by atoms with Crippen LogP contribution in [0.1, 0.15) is 17.3 Å². The van der Waals surface area contributed by atoms with Crippen LogP contribution in [0.15, 0.2) is 53.4 Å². The maximum absolute atomic E-state index is 12.0. The Kier molecular flexibility index (Phi) is 6.55. The molecule has 130 valence electrons. The maximum atomic E-state index is 12.0. The van der Waals surface area contributed by atoms with Gasteiger partial charge in [0, 0.05) is 27.6 Å². The quantitative estimate of drug-likeness (QED) is 0.236. The zero-order valence-corrected chi connectivity index (χ0v) is 14.8. The number of esters is 1. The van der Waals surface area contributed by atoms with E-state index in [9.17, 15) is 19.7 Å². The third kappa shape index (κ3) is 5.58. The molecular weight excluding hydrogens is 366 g/mol. The number of hydrogen-bond acceptors (Lipinski definition) is 6. The molecule has 0 heterocycles. The Bertz CT molecular complexity index is 777. The topological polar surface area (TPSA) is 86.5 Å². The van der Waals surface area contributed by atoms with Crippen LogP contribution in [-0.2, 0) is 9.53 Å². The Hall–Kier alpha value is -2.38. The first-order valence-corrected chi connectivity index (χ1v) is 8.49. The molecule has 0 aromatic heterocycles. The van der Waals surface area contributed by atoms with Gasteiger partial charge < -0.3 is 4.74 Å². The minimum Gasteiger partial charge on any atom is -0.456 e. The van der Waals surface area contributed by atoms with Gasteiger partial charge in [-0.2, -0.15) is 0 Å². The van der Waals surface area contributed by atoms with E-state index in [0.29, 0.717) is 15.5 Å². The molecule has 0 radical (unpaired) electrons. The van der Waals surface area contributed by atoms with Crippen LogP contribution in [0.2, 0.25) is 5.02 Å². The van der Waals surface area contributed by atoms with Crippen molar-refractivity contribution < 1.29 is 19.2 Å². The molecule has 0 unspecified atom stereocenters.